The van der Waals surface area contributed by atoms with Gasteiger partial charge in [0.25, 0.3) is 0 Å². The molecule has 1 saturated heterocycles. The number of carbonyl (C=O) groups excluding carboxylic acids is 2. The summed E-state index contributed by atoms with van der Waals surface area (Å²) in [6.07, 6.45) is 0.316. The molecule has 2 amide bonds. The zero-order valence-electron chi connectivity index (χ0n) is 13.2. The van der Waals surface area contributed by atoms with E-state index < -0.39 is 6.04 Å². The number of hydrogen-bond acceptors (Lipinski definition) is 2. The summed E-state index contributed by atoms with van der Waals surface area (Å²) in [5.41, 5.74) is 2.91. The second-order valence-corrected chi connectivity index (χ2v) is 5.86. The van der Waals surface area contributed by atoms with Crippen LogP contribution in [0.25, 0.3) is 0 Å². The molecular weight excluding hydrogens is 288 g/mol. The van der Waals surface area contributed by atoms with Crippen LogP contribution in [0.2, 0.25) is 0 Å². The van der Waals surface area contributed by atoms with Crippen LogP contribution in [-0.2, 0) is 16.0 Å². The molecule has 1 N–H and O–H groups in total. The minimum absolute atomic E-state index is 0.0162. The molecule has 0 aliphatic carbocycles. The first-order chi connectivity index (χ1) is 11.1. The van der Waals surface area contributed by atoms with E-state index in [1.165, 1.54) is 0 Å². The number of piperazine rings is 1. The lowest BCUT2D eigenvalue weighted by Crippen LogP contribution is -2.52. The molecule has 4 nitrogen and oxygen atoms in total. The molecule has 1 heterocycles. The fourth-order valence-corrected chi connectivity index (χ4v) is 2.98. The summed E-state index contributed by atoms with van der Waals surface area (Å²) in [6.45, 7) is 3.03. The molecule has 1 unspecified atom stereocenters. The summed E-state index contributed by atoms with van der Waals surface area (Å²) < 4.78 is 0. The predicted octanol–water partition coefficient (Wildman–Crippen LogP) is 2.24. The number of nitrogens with zero attached hydrogens (tertiary/aromatic N) is 1. The van der Waals surface area contributed by atoms with Crippen LogP contribution in [0.1, 0.15) is 22.7 Å². The Labute approximate surface area is 136 Å². The van der Waals surface area contributed by atoms with E-state index in [4.69, 9.17) is 0 Å². The fourth-order valence-electron chi connectivity index (χ4n) is 2.98. The van der Waals surface area contributed by atoms with E-state index in [0.29, 0.717) is 19.5 Å². The number of carbonyl (C=O) groups is 2. The van der Waals surface area contributed by atoms with Crippen LogP contribution >= 0.6 is 0 Å². The van der Waals surface area contributed by atoms with Crippen molar-refractivity contribution in [2.75, 3.05) is 13.1 Å². The van der Waals surface area contributed by atoms with Crippen LogP contribution < -0.4 is 5.32 Å². The lowest BCUT2D eigenvalue weighted by molar-refractivity contribution is -0.143. The van der Waals surface area contributed by atoms with Gasteiger partial charge in [-0.1, -0.05) is 60.2 Å². The Kier molecular flexibility index (Phi) is 4.42. The molecule has 1 aliphatic heterocycles. The second kappa shape index (κ2) is 6.65. The summed E-state index contributed by atoms with van der Waals surface area (Å²) in [7, 11) is 0. The summed E-state index contributed by atoms with van der Waals surface area (Å²) in [5.74, 6) is -0.124. The third-order valence-corrected chi connectivity index (χ3v) is 4.09. The smallest absolute Gasteiger partial charge is 0.247 e. The number of hydrogen-bond donors (Lipinski definition) is 1. The first kappa shape index (κ1) is 15.3. The minimum atomic E-state index is -0.542. The Morgan fingerprint density at radius 2 is 1.96 bits per heavy atom. The minimum Gasteiger partial charge on any atom is -0.352 e. The Morgan fingerprint density at radius 1 is 1.17 bits per heavy atom. The van der Waals surface area contributed by atoms with Gasteiger partial charge in [0.1, 0.15) is 6.04 Å². The number of benzene rings is 2. The monoisotopic (exact) mass is 308 g/mol. The molecule has 1 atom stereocenters. The summed E-state index contributed by atoms with van der Waals surface area (Å²) in [6, 6.07) is 16.9. The van der Waals surface area contributed by atoms with E-state index in [1.54, 1.807) is 4.90 Å². The van der Waals surface area contributed by atoms with Crippen molar-refractivity contribution in [3.8, 4) is 0 Å². The van der Waals surface area contributed by atoms with Crippen molar-refractivity contribution in [1.29, 1.82) is 0 Å². The lowest BCUT2D eigenvalue weighted by atomic mass is 9.99. The van der Waals surface area contributed by atoms with Gasteiger partial charge in [-0.25, -0.2) is 0 Å². The molecule has 23 heavy (non-hydrogen) atoms. The number of amides is 2. The van der Waals surface area contributed by atoms with Gasteiger partial charge in [-0.3, -0.25) is 9.59 Å². The maximum atomic E-state index is 12.7. The molecule has 0 aromatic heterocycles. The van der Waals surface area contributed by atoms with Gasteiger partial charge in [0.05, 0.1) is 6.42 Å². The highest BCUT2D eigenvalue weighted by Crippen LogP contribution is 2.25. The lowest BCUT2D eigenvalue weighted by Gasteiger charge is -2.35. The molecule has 1 fully saturated rings. The van der Waals surface area contributed by atoms with E-state index in [2.05, 4.69) is 5.32 Å². The molecular formula is C19H20N2O2. The highest BCUT2D eigenvalue weighted by atomic mass is 16.2. The maximum Gasteiger partial charge on any atom is 0.247 e. The average molecular weight is 308 g/mol. The van der Waals surface area contributed by atoms with Gasteiger partial charge in [-0.05, 0) is 18.1 Å². The van der Waals surface area contributed by atoms with Gasteiger partial charge in [-0.2, -0.15) is 0 Å². The quantitative estimate of drug-likeness (QED) is 0.945. The predicted molar refractivity (Wildman–Crippen MR) is 88.8 cm³/mol. The molecule has 2 aromatic carbocycles. The molecule has 0 radical (unpaired) electrons. The van der Waals surface area contributed by atoms with E-state index in [-0.39, 0.29) is 11.8 Å². The van der Waals surface area contributed by atoms with Gasteiger partial charge in [0, 0.05) is 13.1 Å². The first-order valence-corrected chi connectivity index (χ1v) is 7.83. The Hall–Kier alpha value is -2.62. The summed E-state index contributed by atoms with van der Waals surface area (Å²) in [4.78, 5) is 26.8. The number of rotatable bonds is 3. The number of aryl methyl sites for hydroxylation is 1. The van der Waals surface area contributed by atoms with Crippen LogP contribution in [0, 0.1) is 6.92 Å². The second-order valence-electron chi connectivity index (χ2n) is 5.86. The average Bonchev–Trinajstić information content (AvgIpc) is 2.55. The zero-order valence-corrected chi connectivity index (χ0v) is 13.2. The van der Waals surface area contributed by atoms with Crippen LogP contribution in [0.3, 0.4) is 0 Å². The van der Waals surface area contributed by atoms with E-state index in [1.807, 2.05) is 61.5 Å². The van der Waals surface area contributed by atoms with E-state index >= 15 is 0 Å². The molecule has 3 rings (SSSR count). The molecule has 1 aliphatic rings. The van der Waals surface area contributed by atoms with Crippen LogP contribution in [0.15, 0.2) is 54.6 Å². The van der Waals surface area contributed by atoms with Gasteiger partial charge in [0.15, 0.2) is 0 Å². The van der Waals surface area contributed by atoms with Crippen LogP contribution in [0.4, 0.5) is 0 Å². The van der Waals surface area contributed by atoms with E-state index in [9.17, 15) is 9.59 Å². The Balaban J connectivity index is 1.86. The molecule has 0 saturated carbocycles. The van der Waals surface area contributed by atoms with Crippen molar-refractivity contribution in [2.24, 2.45) is 0 Å². The topological polar surface area (TPSA) is 49.4 Å². The molecule has 2 aromatic rings. The van der Waals surface area contributed by atoms with Gasteiger partial charge >= 0.3 is 0 Å². The van der Waals surface area contributed by atoms with Crippen molar-refractivity contribution in [3.63, 3.8) is 0 Å². The van der Waals surface area contributed by atoms with Crippen molar-refractivity contribution in [3.05, 3.63) is 71.3 Å². The van der Waals surface area contributed by atoms with Gasteiger partial charge in [-0.15, -0.1) is 0 Å². The van der Waals surface area contributed by atoms with Crippen molar-refractivity contribution >= 4 is 11.8 Å². The van der Waals surface area contributed by atoms with Crippen molar-refractivity contribution in [2.45, 2.75) is 19.4 Å². The fraction of sp³-hybridized carbons (Fsp3) is 0.263. The van der Waals surface area contributed by atoms with Crippen LogP contribution in [-0.4, -0.2) is 29.8 Å². The van der Waals surface area contributed by atoms with Crippen molar-refractivity contribution < 1.29 is 9.59 Å². The van der Waals surface area contributed by atoms with E-state index in [0.717, 1.165) is 16.7 Å². The van der Waals surface area contributed by atoms with Gasteiger partial charge in [0.2, 0.25) is 11.8 Å². The molecule has 0 bridgehead atoms. The zero-order chi connectivity index (χ0) is 16.2. The standard InChI is InChI=1S/C19H20N2O2/c1-14-6-5-9-16(12-14)18-19(23)20-10-11-21(18)17(22)13-15-7-3-2-4-8-15/h2-9,12,18H,10-11,13H2,1H3,(H,20,23). The summed E-state index contributed by atoms with van der Waals surface area (Å²) in [5, 5.41) is 2.87. The normalized spacial score (nSPS) is 17.7. The highest BCUT2D eigenvalue weighted by molar-refractivity contribution is 5.90. The molecule has 0 spiro atoms. The third-order valence-electron chi connectivity index (χ3n) is 4.09. The van der Waals surface area contributed by atoms with Crippen LogP contribution in [0.5, 0.6) is 0 Å². The SMILES string of the molecule is Cc1cccc(C2C(=O)NCCN2C(=O)Cc2ccccc2)c1. The summed E-state index contributed by atoms with van der Waals surface area (Å²) >= 11 is 0. The largest absolute Gasteiger partial charge is 0.352 e. The Bertz CT molecular complexity index is 712. The third kappa shape index (κ3) is 3.42. The number of nitrogens with one attached hydrogen (secondary N) is 1. The maximum absolute atomic E-state index is 12.7. The highest BCUT2D eigenvalue weighted by Gasteiger charge is 2.34. The first-order valence-electron chi connectivity index (χ1n) is 7.83. The molecule has 4 heteroatoms. The van der Waals surface area contributed by atoms with Crippen molar-refractivity contribution in [1.82, 2.24) is 10.2 Å². The van der Waals surface area contributed by atoms with Gasteiger partial charge < -0.3 is 10.2 Å². The molecule has 118 valence electrons. The Morgan fingerprint density at radius 3 is 2.70 bits per heavy atom.